The molecule has 0 spiro atoms. The van der Waals surface area contributed by atoms with E-state index in [-0.39, 0.29) is 30.0 Å². The van der Waals surface area contributed by atoms with Crippen molar-refractivity contribution < 1.29 is 9.59 Å². The molecule has 1 aliphatic heterocycles. The minimum Gasteiger partial charge on any atom is -0.324 e. The van der Waals surface area contributed by atoms with Gasteiger partial charge in [-0.2, -0.15) is 0 Å². The van der Waals surface area contributed by atoms with Crippen LogP contribution in [0.1, 0.15) is 44.2 Å². The van der Waals surface area contributed by atoms with Crippen LogP contribution in [-0.2, 0) is 15.3 Å². The highest BCUT2D eigenvalue weighted by atomic mass is 32.2. The number of carbonyl (C=O) groups is 2. The van der Waals surface area contributed by atoms with Gasteiger partial charge in [0.2, 0.25) is 11.8 Å². The molecule has 2 aromatic carbocycles. The molecule has 2 heterocycles. The Morgan fingerprint density at radius 2 is 1.82 bits per heavy atom. The minimum atomic E-state index is -0.218. The van der Waals surface area contributed by atoms with Crippen LogP contribution in [0, 0.1) is 0 Å². The van der Waals surface area contributed by atoms with Gasteiger partial charge < -0.3 is 10.2 Å². The average molecular weight is 499 g/mol. The lowest BCUT2D eigenvalue weighted by atomic mass is 10.0. The van der Waals surface area contributed by atoms with Crippen LogP contribution in [0.5, 0.6) is 0 Å². The van der Waals surface area contributed by atoms with E-state index in [1.54, 1.807) is 16.7 Å². The number of benzene rings is 2. The Hall–Kier alpha value is -2.36. The molecule has 0 saturated carbocycles. The van der Waals surface area contributed by atoms with Crippen molar-refractivity contribution in [2.24, 2.45) is 0 Å². The van der Waals surface area contributed by atoms with Crippen LogP contribution < -0.4 is 10.2 Å². The summed E-state index contributed by atoms with van der Waals surface area (Å²) in [5.41, 5.74) is 3.99. The van der Waals surface area contributed by atoms with Crippen molar-refractivity contribution in [1.82, 2.24) is 10.2 Å². The number of aromatic nitrogens is 2. The second-order valence-corrected chi connectivity index (χ2v) is 11.6. The number of fused-ring (bicyclic) bond motifs is 1. The van der Waals surface area contributed by atoms with Gasteiger partial charge in [-0.15, -0.1) is 10.2 Å². The lowest BCUT2D eigenvalue weighted by molar-refractivity contribution is -0.117. The second-order valence-electron chi connectivity index (χ2n) is 8.19. The molecular weight excluding hydrogens is 472 g/mol. The van der Waals surface area contributed by atoms with Gasteiger partial charge >= 0.3 is 0 Å². The summed E-state index contributed by atoms with van der Waals surface area (Å²) in [5, 5.41) is 11.4. The van der Waals surface area contributed by atoms with E-state index < -0.39 is 0 Å². The molecule has 6 nitrogen and oxygen atoms in total. The first-order valence-corrected chi connectivity index (χ1v) is 13.6. The molecule has 1 aliphatic rings. The summed E-state index contributed by atoms with van der Waals surface area (Å²) in [6, 6.07) is 15.9. The first-order valence-electron chi connectivity index (χ1n) is 10.8. The maximum absolute atomic E-state index is 13.1. The Morgan fingerprint density at radius 1 is 1.12 bits per heavy atom. The van der Waals surface area contributed by atoms with E-state index in [2.05, 4.69) is 53.6 Å². The lowest BCUT2D eigenvalue weighted by Crippen LogP contribution is -2.40. The van der Waals surface area contributed by atoms with Gasteiger partial charge in [0.1, 0.15) is 0 Å². The molecule has 4 rings (SSSR count). The number of hydrogen-bond donors (Lipinski definition) is 1. The smallest absolute Gasteiger partial charge is 0.237 e. The SMILES string of the molecule is CC(C)c1ccc(CSc2nnc(SCC(=O)N3c4ccccc4NC(=O)CC3C)s2)cc1. The molecule has 0 saturated heterocycles. The normalized spacial score (nSPS) is 15.8. The number of carbonyl (C=O) groups excluding carboxylic acids is 2. The molecule has 1 unspecified atom stereocenters. The van der Waals surface area contributed by atoms with Crippen molar-refractivity contribution in [3.8, 4) is 0 Å². The van der Waals surface area contributed by atoms with Crippen LogP contribution >= 0.6 is 34.9 Å². The number of amides is 2. The molecule has 1 N–H and O–H groups in total. The van der Waals surface area contributed by atoms with Gasteiger partial charge in [-0.1, -0.05) is 85.1 Å². The number of nitrogens with one attached hydrogen (secondary N) is 1. The highest BCUT2D eigenvalue weighted by molar-refractivity contribution is 8.03. The Kier molecular flexibility index (Phi) is 7.72. The predicted octanol–water partition coefficient (Wildman–Crippen LogP) is 5.81. The molecule has 172 valence electrons. The quantitative estimate of drug-likeness (QED) is 0.414. The van der Waals surface area contributed by atoms with Crippen molar-refractivity contribution in [3.63, 3.8) is 0 Å². The Bertz CT molecular complexity index is 1130. The zero-order valence-electron chi connectivity index (χ0n) is 18.8. The summed E-state index contributed by atoms with van der Waals surface area (Å²) in [6.45, 7) is 6.28. The molecule has 0 aliphatic carbocycles. The van der Waals surface area contributed by atoms with Crippen LogP contribution in [-0.4, -0.2) is 33.8 Å². The highest BCUT2D eigenvalue weighted by Crippen LogP contribution is 2.34. The van der Waals surface area contributed by atoms with E-state index in [4.69, 9.17) is 0 Å². The summed E-state index contributed by atoms with van der Waals surface area (Å²) in [7, 11) is 0. The number of rotatable bonds is 7. The average Bonchev–Trinajstić information content (AvgIpc) is 3.20. The molecule has 2 amide bonds. The van der Waals surface area contributed by atoms with Gasteiger partial charge in [0.05, 0.1) is 17.1 Å². The molecule has 3 aromatic rings. The molecule has 1 atom stereocenters. The summed E-state index contributed by atoms with van der Waals surface area (Å²) in [5.74, 6) is 1.47. The maximum atomic E-state index is 13.1. The van der Waals surface area contributed by atoms with Crippen molar-refractivity contribution >= 4 is 58.0 Å². The number of hydrogen-bond acceptors (Lipinski definition) is 7. The Morgan fingerprint density at radius 3 is 2.55 bits per heavy atom. The van der Waals surface area contributed by atoms with Crippen molar-refractivity contribution in [3.05, 3.63) is 59.7 Å². The summed E-state index contributed by atoms with van der Waals surface area (Å²) >= 11 is 4.55. The van der Waals surface area contributed by atoms with E-state index in [9.17, 15) is 9.59 Å². The maximum Gasteiger partial charge on any atom is 0.237 e. The molecule has 33 heavy (non-hydrogen) atoms. The summed E-state index contributed by atoms with van der Waals surface area (Å²) < 4.78 is 1.66. The highest BCUT2D eigenvalue weighted by Gasteiger charge is 2.29. The second kappa shape index (κ2) is 10.7. The van der Waals surface area contributed by atoms with Crippen LogP contribution in [0.2, 0.25) is 0 Å². The van der Waals surface area contributed by atoms with Crippen LogP contribution in [0.3, 0.4) is 0 Å². The van der Waals surface area contributed by atoms with Gasteiger partial charge in [0.25, 0.3) is 0 Å². The molecule has 9 heteroatoms. The fourth-order valence-corrected chi connectivity index (χ4v) is 6.45. The first kappa shape index (κ1) is 23.8. The zero-order valence-corrected chi connectivity index (χ0v) is 21.2. The van der Waals surface area contributed by atoms with Gasteiger partial charge in [-0.05, 0) is 36.1 Å². The van der Waals surface area contributed by atoms with Gasteiger partial charge in [0, 0.05) is 18.2 Å². The number of nitrogens with zero attached hydrogens (tertiary/aromatic N) is 3. The largest absolute Gasteiger partial charge is 0.324 e. The first-order chi connectivity index (χ1) is 15.9. The van der Waals surface area contributed by atoms with Gasteiger partial charge in [0.15, 0.2) is 8.68 Å². The third-order valence-corrected chi connectivity index (χ3v) is 8.59. The third-order valence-electron chi connectivity index (χ3n) is 5.34. The van der Waals surface area contributed by atoms with Crippen LogP contribution in [0.4, 0.5) is 11.4 Å². The van der Waals surface area contributed by atoms with Gasteiger partial charge in [-0.25, -0.2) is 0 Å². The van der Waals surface area contributed by atoms with E-state index in [0.717, 1.165) is 20.1 Å². The van der Waals surface area contributed by atoms with E-state index >= 15 is 0 Å². The topological polar surface area (TPSA) is 75.2 Å². The lowest BCUT2D eigenvalue weighted by Gasteiger charge is -2.27. The molecule has 0 bridgehead atoms. The number of thioether (sulfide) groups is 2. The van der Waals surface area contributed by atoms with Crippen LogP contribution in [0.15, 0.2) is 57.2 Å². The fourth-order valence-electron chi connectivity index (χ4n) is 3.62. The van der Waals surface area contributed by atoms with Crippen molar-refractivity contribution in [2.75, 3.05) is 16.0 Å². The van der Waals surface area contributed by atoms with E-state index in [1.807, 2.05) is 31.2 Å². The third kappa shape index (κ3) is 5.96. The summed E-state index contributed by atoms with van der Waals surface area (Å²) in [4.78, 5) is 27.0. The predicted molar refractivity (Wildman–Crippen MR) is 137 cm³/mol. The zero-order chi connectivity index (χ0) is 23.4. The molecule has 0 radical (unpaired) electrons. The monoisotopic (exact) mass is 498 g/mol. The standard InChI is InChI=1S/C24H26N4O2S3/c1-15(2)18-10-8-17(9-11-18)13-31-23-26-27-24(33-23)32-14-22(30)28-16(3)12-21(29)25-19-6-4-5-7-20(19)28/h4-11,15-16H,12-14H2,1-3H3,(H,25,29). The summed E-state index contributed by atoms with van der Waals surface area (Å²) in [6.07, 6.45) is 0.267. The number of para-hydroxylation sites is 2. The van der Waals surface area contributed by atoms with Crippen molar-refractivity contribution in [2.45, 2.75) is 53.6 Å². The number of anilines is 2. The van der Waals surface area contributed by atoms with Crippen molar-refractivity contribution in [1.29, 1.82) is 0 Å². The fraction of sp³-hybridized carbons (Fsp3) is 0.333. The van der Waals surface area contributed by atoms with E-state index in [0.29, 0.717) is 11.6 Å². The van der Waals surface area contributed by atoms with E-state index in [1.165, 1.54) is 34.2 Å². The Balaban J connectivity index is 1.35. The molecule has 0 fully saturated rings. The van der Waals surface area contributed by atoms with Crippen LogP contribution in [0.25, 0.3) is 0 Å². The molecular formula is C24H26N4O2S3. The van der Waals surface area contributed by atoms with Gasteiger partial charge in [-0.3, -0.25) is 9.59 Å². The minimum absolute atomic E-state index is 0.0499. The molecule has 1 aromatic heterocycles. The Labute approximate surface area is 206 Å².